The highest BCUT2D eigenvalue weighted by molar-refractivity contribution is 7.89. The minimum absolute atomic E-state index is 0.0983. The summed E-state index contributed by atoms with van der Waals surface area (Å²) in [5, 5.41) is 2.72. The molecule has 0 heterocycles. The van der Waals surface area contributed by atoms with Crippen LogP contribution in [0.25, 0.3) is 0 Å². The van der Waals surface area contributed by atoms with E-state index < -0.39 is 22.8 Å². The van der Waals surface area contributed by atoms with Crippen LogP contribution in [-0.4, -0.2) is 34.2 Å². The van der Waals surface area contributed by atoms with Crippen molar-refractivity contribution in [3.8, 4) is 5.75 Å². The first-order valence-electron chi connectivity index (χ1n) is 8.67. The molecule has 0 radical (unpaired) electrons. The third-order valence-corrected chi connectivity index (χ3v) is 5.39. The van der Waals surface area contributed by atoms with Gasteiger partial charge in [0.05, 0.1) is 4.90 Å². The standard InChI is InChI=1S/C19H21F3N2O4S/c1-23-29(26,27)17-9-4-14(5-10-17)6-11-18(25)24-12-15-2-7-16(8-3-15)28-13-19(20,21)22/h2-5,7-10,23H,6,11-13H2,1H3,(H,24,25). The number of amides is 1. The molecule has 0 unspecified atom stereocenters. The molecule has 6 nitrogen and oxygen atoms in total. The molecule has 2 N–H and O–H groups in total. The molecule has 29 heavy (non-hydrogen) atoms. The molecule has 0 fully saturated rings. The first-order valence-corrected chi connectivity index (χ1v) is 10.1. The van der Waals surface area contributed by atoms with E-state index in [2.05, 4.69) is 14.8 Å². The van der Waals surface area contributed by atoms with E-state index in [0.29, 0.717) is 6.42 Å². The number of carbonyl (C=O) groups excluding carboxylic acids is 1. The van der Waals surface area contributed by atoms with Gasteiger partial charge in [-0.25, -0.2) is 13.1 Å². The minimum atomic E-state index is -4.39. The maximum Gasteiger partial charge on any atom is 0.422 e. The van der Waals surface area contributed by atoms with Gasteiger partial charge >= 0.3 is 6.18 Å². The minimum Gasteiger partial charge on any atom is -0.484 e. The summed E-state index contributed by atoms with van der Waals surface area (Å²) in [7, 11) is -2.16. The summed E-state index contributed by atoms with van der Waals surface area (Å²) in [5.74, 6) is -0.101. The van der Waals surface area contributed by atoms with Crippen molar-refractivity contribution in [3.05, 3.63) is 59.7 Å². The van der Waals surface area contributed by atoms with E-state index in [-0.39, 0.29) is 29.5 Å². The Labute approximate surface area is 167 Å². The lowest BCUT2D eigenvalue weighted by Crippen LogP contribution is -2.23. The molecule has 0 aliphatic heterocycles. The molecule has 1 amide bonds. The van der Waals surface area contributed by atoms with Crippen molar-refractivity contribution < 1.29 is 31.1 Å². The number of hydrogen-bond donors (Lipinski definition) is 2. The number of halogens is 3. The van der Waals surface area contributed by atoms with Crippen LogP contribution >= 0.6 is 0 Å². The summed E-state index contributed by atoms with van der Waals surface area (Å²) < 4.78 is 66.5. The second-order valence-corrected chi connectivity index (χ2v) is 8.06. The lowest BCUT2D eigenvalue weighted by molar-refractivity contribution is -0.153. The molecule has 0 aromatic heterocycles. The van der Waals surface area contributed by atoms with Crippen molar-refractivity contribution in [3.63, 3.8) is 0 Å². The van der Waals surface area contributed by atoms with Crippen LogP contribution in [-0.2, 0) is 27.8 Å². The summed E-state index contributed by atoms with van der Waals surface area (Å²) >= 11 is 0. The van der Waals surface area contributed by atoms with E-state index in [1.165, 1.54) is 31.3 Å². The van der Waals surface area contributed by atoms with Crippen molar-refractivity contribution in [2.45, 2.75) is 30.5 Å². The zero-order valence-electron chi connectivity index (χ0n) is 15.6. The molecule has 0 bridgehead atoms. The lowest BCUT2D eigenvalue weighted by Gasteiger charge is -2.10. The van der Waals surface area contributed by atoms with Gasteiger partial charge in [-0.15, -0.1) is 0 Å². The van der Waals surface area contributed by atoms with Gasteiger partial charge in [0, 0.05) is 13.0 Å². The number of hydrogen-bond acceptors (Lipinski definition) is 4. The number of carbonyl (C=O) groups is 1. The molecule has 0 atom stereocenters. The van der Waals surface area contributed by atoms with Crippen LogP contribution in [0.4, 0.5) is 13.2 Å². The highest BCUT2D eigenvalue weighted by atomic mass is 32.2. The maximum atomic E-state index is 12.1. The third kappa shape index (κ3) is 7.74. The first kappa shape index (κ1) is 22.7. The summed E-state index contributed by atoms with van der Waals surface area (Å²) in [6, 6.07) is 12.2. The Morgan fingerprint density at radius 1 is 1.00 bits per heavy atom. The fourth-order valence-corrected chi connectivity index (χ4v) is 3.10. The lowest BCUT2D eigenvalue weighted by atomic mass is 10.1. The zero-order valence-corrected chi connectivity index (χ0v) is 16.4. The molecule has 0 saturated heterocycles. The highest BCUT2D eigenvalue weighted by Gasteiger charge is 2.28. The monoisotopic (exact) mass is 430 g/mol. The number of sulfonamides is 1. The van der Waals surface area contributed by atoms with Crippen molar-refractivity contribution >= 4 is 15.9 Å². The van der Waals surface area contributed by atoms with E-state index >= 15 is 0 Å². The van der Waals surface area contributed by atoms with Gasteiger partial charge in [0.25, 0.3) is 0 Å². The SMILES string of the molecule is CNS(=O)(=O)c1ccc(CCC(=O)NCc2ccc(OCC(F)(F)F)cc2)cc1. The molecule has 158 valence electrons. The molecule has 0 aliphatic carbocycles. The van der Waals surface area contributed by atoms with Crippen LogP contribution in [0.15, 0.2) is 53.4 Å². The predicted octanol–water partition coefficient (Wildman–Crippen LogP) is 2.78. The Hall–Kier alpha value is -2.59. The van der Waals surface area contributed by atoms with E-state index in [1.807, 2.05) is 0 Å². The zero-order chi connectivity index (χ0) is 21.5. The smallest absolute Gasteiger partial charge is 0.422 e. The van der Waals surface area contributed by atoms with E-state index in [1.54, 1.807) is 24.3 Å². The first-order chi connectivity index (χ1) is 13.6. The average Bonchev–Trinajstić information content (AvgIpc) is 2.69. The van der Waals surface area contributed by atoms with Crippen molar-refractivity contribution in [1.82, 2.24) is 10.0 Å². The molecule has 2 aromatic rings. The van der Waals surface area contributed by atoms with Gasteiger partial charge in [0.1, 0.15) is 5.75 Å². The molecular formula is C19H21F3N2O4S. The summed E-state index contributed by atoms with van der Waals surface area (Å²) in [6.45, 7) is -1.12. The van der Waals surface area contributed by atoms with Crippen molar-refractivity contribution in [1.29, 1.82) is 0 Å². The highest BCUT2D eigenvalue weighted by Crippen LogP contribution is 2.19. The number of rotatable bonds is 9. The van der Waals surface area contributed by atoms with E-state index in [0.717, 1.165) is 11.1 Å². The second kappa shape index (κ2) is 9.75. The Balaban J connectivity index is 1.77. The van der Waals surface area contributed by atoms with Gasteiger partial charge in [-0.05, 0) is 48.9 Å². The van der Waals surface area contributed by atoms with Gasteiger partial charge in [0.2, 0.25) is 15.9 Å². The fourth-order valence-electron chi connectivity index (χ4n) is 2.37. The number of alkyl halides is 3. The van der Waals surface area contributed by atoms with E-state index in [9.17, 15) is 26.4 Å². The largest absolute Gasteiger partial charge is 0.484 e. The van der Waals surface area contributed by atoms with Crippen molar-refractivity contribution in [2.75, 3.05) is 13.7 Å². The average molecular weight is 430 g/mol. The van der Waals surface area contributed by atoms with Crippen LogP contribution in [0.1, 0.15) is 17.5 Å². The Morgan fingerprint density at radius 2 is 1.59 bits per heavy atom. The van der Waals surface area contributed by atoms with Gasteiger partial charge in [-0.2, -0.15) is 13.2 Å². The van der Waals surface area contributed by atoms with Crippen LogP contribution in [0, 0.1) is 0 Å². The number of ether oxygens (including phenoxy) is 1. The summed E-state index contributed by atoms with van der Waals surface area (Å²) in [6.07, 6.45) is -3.74. The molecule has 10 heteroatoms. The van der Waals surface area contributed by atoms with E-state index in [4.69, 9.17) is 0 Å². The molecule has 0 saturated carbocycles. The molecule has 0 spiro atoms. The number of aryl methyl sites for hydroxylation is 1. The normalized spacial score (nSPS) is 11.9. The van der Waals surface area contributed by atoms with Crippen LogP contribution in [0.2, 0.25) is 0 Å². The number of nitrogens with one attached hydrogen (secondary N) is 2. The van der Waals surface area contributed by atoms with Crippen LogP contribution in [0.3, 0.4) is 0 Å². The summed E-state index contributed by atoms with van der Waals surface area (Å²) in [5.41, 5.74) is 1.54. The topological polar surface area (TPSA) is 84.5 Å². The number of benzene rings is 2. The van der Waals surface area contributed by atoms with Gasteiger partial charge in [-0.1, -0.05) is 24.3 Å². The van der Waals surface area contributed by atoms with Crippen LogP contribution in [0.5, 0.6) is 5.75 Å². The van der Waals surface area contributed by atoms with Gasteiger partial charge < -0.3 is 10.1 Å². The molecule has 0 aliphatic rings. The fraction of sp³-hybridized carbons (Fsp3) is 0.316. The Kier molecular flexibility index (Phi) is 7.63. The van der Waals surface area contributed by atoms with Gasteiger partial charge in [-0.3, -0.25) is 4.79 Å². The Bertz CT molecular complexity index is 912. The quantitative estimate of drug-likeness (QED) is 0.641. The maximum absolute atomic E-state index is 12.1. The molecule has 2 aromatic carbocycles. The molecular weight excluding hydrogens is 409 g/mol. The van der Waals surface area contributed by atoms with Crippen LogP contribution < -0.4 is 14.8 Å². The third-order valence-electron chi connectivity index (χ3n) is 3.96. The Morgan fingerprint density at radius 3 is 2.14 bits per heavy atom. The molecule has 2 rings (SSSR count). The summed E-state index contributed by atoms with van der Waals surface area (Å²) in [4.78, 5) is 12.1. The van der Waals surface area contributed by atoms with Crippen molar-refractivity contribution in [2.24, 2.45) is 0 Å². The van der Waals surface area contributed by atoms with Gasteiger partial charge in [0.15, 0.2) is 6.61 Å². The second-order valence-electron chi connectivity index (χ2n) is 6.18. The predicted molar refractivity (Wildman–Crippen MR) is 101 cm³/mol.